The van der Waals surface area contributed by atoms with Crippen LogP contribution in [0.25, 0.3) is 0 Å². The second kappa shape index (κ2) is 10.6. The lowest BCUT2D eigenvalue weighted by Gasteiger charge is -2.24. The zero-order chi connectivity index (χ0) is 15.5. The van der Waals surface area contributed by atoms with Gasteiger partial charge in [-0.15, -0.1) is 0 Å². The number of hydrogen-bond donors (Lipinski definition) is 1. The molecule has 0 bridgehead atoms. The fourth-order valence-corrected chi connectivity index (χ4v) is 2.30. The number of benzene rings is 1. The van der Waals surface area contributed by atoms with Crippen LogP contribution in [0.5, 0.6) is 5.75 Å². The van der Waals surface area contributed by atoms with Crippen LogP contribution in [-0.2, 0) is 11.3 Å². The van der Waals surface area contributed by atoms with E-state index in [0.29, 0.717) is 12.5 Å². The molecule has 4 nitrogen and oxygen atoms in total. The average molecular weight is 294 g/mol. The molecule has 1 aromatic carbocycles. The highest BCUT2D eigenvalue weighted by molar-refractivity contribution is 5.33. The van der Waals surface area contributed by atoms with Crippen LogP contribution in [0.15, 0.2) is 24.3 Å². The maximum atomic E-state index is 5.96. The van der Waals surface area contributed by atoms with Crippen molar-refractivity contribution in [2.45, 2.75) is 20.4 Å². The van der Waals surface area contributed by atoms with Gasteiger partial charge in [-0.25, -0.2) is 0 Å². The van der Waals surface area contributed by atoms with Crippen LogP contribution in [0, 0.1) is 5.92 Å². The molecule has 0 aliphatic heterocycles. The number of ether oxygens (including phenoxy) is 2. The van der Waals surface area contributed by atoms with Crippen LogP contribution < -0.4 is 10.1 Å². The summed E-state index contributed by atoms with van der Waals surface area (Å²) in [6.45, 7) is 9.73. The molecule has 0 spiro atoms. The Morgan fingerprint density at radius 2 is 1.86 bits per heavy atom. The fraction of sp³-hybridized carbons (Fsp3) is 0.647. The van der Waals surface area contributed by atoms with E-state index in [0.717, 1.165) is 38.5 Å². The largest absolute Gasteiger partial charge is 0.492 e. The van der Waals surface area contributed by atoms with Gasteiger partial charge in [-0.2, -0.15) is 0 Å². The molecule has 0 radical (unpaired) electrons. The van der Waals surface area contributed by atoms with E-state index in [9.17, 15) is 0 Å². The second-order valence-electron chi connectivity index (χ2n) is 5.67. The first-order valence-electron chi connectivity index (χ1n) is 7.74. The van der Waals surface area contributed by atoms with Crippen molar-refractivity contribution in [3.63, 3.8) is 0 Å². The van der Waals surface area contributed by atoms with Gasteiger partial charge in [0.2, 0.25) is 0 Å². The second-order valence-corrected chi connectivity index (χ2v) is 5.67. The van der Waals surface area contributed by atoms with E-state index >= 15 is 0 Å². The summed E-state index contributed by atoms with van der Waals surface area (Å²) in [4.78, 5) is 2.40. The van der Waals surface area contributed by atoms with Crippen molar-refractivity contribution in [3.8, 4) is 5.75 Å². The maximum Gasteiger partial charge on any atom is 0.123 e. The molecule has 0 atom stereocenters. The molecule has 0 aliphatic rings. The van der Waals surface area contributed by atoms with Gasteiger partial charge in [0.1, 0.15) is 12.4 Å². The van der Waals surface area contributed by atoms with Crippen LogP contribution in [0.4, 0.5) is 0 Å². The molecule has 0 aliphatic carbocycles. The number of hydrogen-bond acceptors (Lipinski definition) is 4. The van der Waals surface area contributed by atoms with Crippen molar-refractivity contribution in [1.82, 2.24) is 10.2 Å². The summed E-state index contributed by atoms with van der Waals surface area (Å²) in [5, 5.41) is 3.17. The van der Waals surface area contributed by atoms with Crippen LogP contribution in [-0.4, -0.2) is 51.9 Å². The molecule has 1 aromatic rings. The predicted octanol–water partition coefficient (Wildman–Crippen LogP) is 2.39. The number of methoxy groups -OCH3 is 1. The maximum absolute atomic E-state index is 5.96. The van der Waals surface area contributed by atoms with Gasteiger partial charge in [-0.3, -0.25) is 4.90 Å². The Bertz CT molecular complexity index is 383. The topological polar surface area (TPSA) is 33.7 Å². The SMILES string of the molecule is CNCc1ccccc1OCCN(CCOC)CC(C)C. The first-order chi connectivity index (χ1) is 10.2. The molecule has 120 valence electrons. The summed E-state index contributed by atoms with van der Waals surface area (Å²) in [7, 11) is 3.70. The van der Waals surface area contributed by atoms with Gasteiger partial charge >= 0.3 is 0 Å². The van der Waals surface area contributed by atoms with Crippen molar-refractivity contribution in [1.29, 1.82) is 0 Å². The van der Waals surface area contributed by atoms with Crippen LogP contribution in [0.1, 0.15) is 19.4 Å². The minimum absolute atomic E-state index is 0.651. The first kappa shape index (κ1) is 18.0. The first-order valence-corrected chi connectivity index (χ1v) is 7.74. The summed E-state index contributed by atoms with van der Waals surface area (Å²) in [6, 6.07) is 8.20. The van der Waals surface area contributed by atoms with Gasteiger partial charge in [-0.1, -0.05) is 32.0 Å². The van der Waals surface area contributed by atoms with Crippen molar-refractivity contribution in [2.24, 2.45) is 5.92 Å². The molecule has 1 rings (SSSR count). The normalized spacial score (nSPS) is 11.3. The molecule has 21 heavy (non-hydrogen) atoms. The summed E-state index contributed by atoms with van der Waals surface area (Å²) in [5.74, 6) is 1.63. The average Bonchev–Trinajstić information content (AvgIpc) is 2.46. The molecule has 0 fully saturated rings. The van der Waals surface area contributed by atoms with Gasteiger partial charge < -0.3 is 14.8 Å². The van der Waals surface area contributed by atoms with Crippen LogP contribution >= 0.6 is 0 Å². The summed E-state index contributed by atoms with van der Waals surface area (Å²) >= 11 is 0. The third-order valence-corrected chi connectivity index (χ3v) is 3.24. The lowest BCUT2D eigenvalue weighted by molar-refractivity contribution is 0.127. The molecule has 1 N–H and O–H groups in total. The van der Waals surface area contributed by atoms with Crippen molar-refractivity contribution in [3.05, 3.63) is 29.8 Å². The Labute approximate surface area is 129 Å². The van der Waals surface area contributed by atoms with E-state index in [-0.39, 0.29) is 0 Å². The van der Waals surface area contributed by atoms with Gasteiger partial charge in [0.05, 0.1) is 6.61 Å². The van der Waals surface area contributed by atoms with Crippen LogP contribution in [0.3, 0.4) is 0 Å². The van der Waals surface area contributed by atoms with Crippen molar-refractivity contribution < 1.29 is 9.47 Å². The van der Waals surface area contributed by atoms with Crippen molar-refractivity contribution in [2.75, 3.05) is 47.0 Å². The van der Waals surface area contributed by atoms with Gasteiger partial charge in [0.25, 0.3) is 0 Å². The Hall–Kier alpha value is -1.10. The quantitative estimate of drug-likeness (QED) is 0.679. The highest BCUT2D eigenvalue weighted by Crippen LogP contribution is 2.17. The third-order valence-electron chi connectivity index (χ3n) is 3.24. The fourth-order valence-electron chi connectivity index (χ4n) is 2.30. The molecule has 0 heterocycles. The molecule has 0 amide bonds. The van der Waals surface area contributed by atoms with E-state index in [1.165, 1.54) is 5.56 Å². The molecule has 4 heteroatoms. The Balaban J connectivity index is 2.45. The molecule has 0 saturated carbocycles. The van der Waals surface area contributed by atoms with E-state index in [1.54, 1.807) is 7.11 Å². The summed E-state index contributed by atoms with van der Waals surface area (Å²) < 4.78 is 11.1. The van der Waals surface area contributed by atoms with Gasteiger partial charge in [-0.05, 0) is 19.0 Å². The zero-order valence-electron chi connectivity index (χ0n) is 13.9. The van der Waals surface area contributed by atoms with E-state index in [1.807, 2.05) is 25.2 Å². The lowest BCUT2D eigenvalue weighted by atomic mass is 10.2. The Kier molecular flexibility index (Phi) is 9.06. The molecular weight excluding hydrogens is 264 g/mol. The highest BCUT2D eigenvalue weighted by atomic mass is 16.5. The third kappa shape index (κ3) is 7.46. The van der Waals surface area contributed by atoms with Gasteiger partial charge in [0.15, 0.2) is 0 Å². The van der Waals surface area contributed by atoms with E-state index in [4.69, 9.17) is 9.47 Å². The standard InChI is InChI=1S/C17H30N2O2/c1-15(2)14-19(9-11-20-4)10-12-21-17-8-6-5-7-16(17)13-18-3/h5-8,15,18H,9-14H2,1-4H3. The minimum Gasteiger partial charge on any atom is -0.492 e. The minimum atomic E-state index is 0.651. The van der Waals surface area contributed by atoms with Crippen molar-refractivity contribution >= 4 is 0 Å². The molecule has 0 unspecified atom stereocenters. The van der Waals surface area contributed by atoms with E-state index in [2.05, 4.69) is 30.1 Å². The zero-order valence-corrected chi connectivity index (χ0v) is 13.9. The number of rotatable bonds is 11. The van der Waals surface area contributed by atoms with Crippen LogP contribution in [0.2, 0.25) is 0 Å². The molecule has 0 aromatic heterocycles. The highest BCUT2D eigenvalue weighted by Gasteiger charge is 2.08. The van der Waals surface area contributed by atoms with E-state index < -0.39 is 0 Å². The number of nitrogens with one attached hydrogen (secondary N) is 1. The molecule has 0 saturated heterocycles. The monoisotopic (exact) mass is 294 g/mol. The van der Waals surface area contributed by atoms with Gasteiger partial charge in [0, 0.05) is 38.9 Å². The smallest absolute Gasteiger partial charge is 0.123 e. The lowest BCUT2D eigenvalue weighted by Crippen LogP contribution is -2.34. The molecular formula is C17H30N2O2. The Morgan fingerprint density at radius 3 is 2.52 bits per heavy atom. The number of nitrogens with zero attached hydrogens (tertiary/aromatic N) is 1. The predicted molar refractivity (Wildman–Crippen MR) is 87.9 cm³/mol. The summed E-state index contributed by atoms with van der Waals surface area (Å²) in [6.07, 6.45) is 0. The summed E-state index contributed by atoms with van der Waals surface area (Å²) in [5.41, 5.74) is 1.20. The number of para-hydroxylation sites is 1. The Morgan fingerprint density at radius 1 is 1.14 bits per heavy atom.